The van der Waals surface area contributed by atoms with E-state index in [2.05, 4.69) is 18.8 Å². The van der Waals surface area contributed by atoms with E-state index < -0.39 is 11.8 Å². The zero-order valence-corrected chi connectivity index (χ0v) is 12.2. The summed E-state index contributed by atoms with van der Waals surface area (Å²) in [5.74, 6) is -1.41. The fraction of sp³-hybridized carbons (Fsp3) is 0.600. The summed E-state index contributed by atoms with van der Waals surface area (Å²) < 4.78 is 13.2. The average Bonchev–Trinajstić information content (AvgIpc) is 2.37. The Kier molecular flexibility index (Phi) is 3.97. The van der Waals surface area contributed by atoms with Gasteiger partial charge in [-0.15, -0.1) is 0 Å². The number of nitrogens with zero attached hydrogens (tertiary/aromatic N) is 2. The maximum absolute atomic E-state index is 13.2. The van der Waals surface area contributed by atoms with Gasteiger partial charge in [-0.2, -0.15) is 0 Å². The molecule has 1 saturated carbocycles. The Labute approximate surface area is 118 Å². The molecule has 1 aromatic rings. The summed E-state index contributed by atoms with van der Waals surface area (Å²) in [6, 6.07) is 1.30. The summed E-state index contributed by atoms with van der Waals surface area (Å²) in [6.45, 7) is 4.50. The molecule has 0 saturated heterocycles. The predicted octanol–water partition coefficient (Wildman–Crippen LogP) is 3.32. The van der Waals surface area contributed by atoms with Crippen LogP contribution in [0.1, 0.15) is 49.9 Å². The lowest BCUT2D eigenvalue weighted by Gasteiger charge is -2.39. The number of carboxylic acids is 1. The van der Waals surface area contributed by atoms with Crippen molar-refractivity contribution in [3.05, 3.63) is 23.6 Å². The van der Waals surface area contributed by atoms with E-state index in [4.69, 9.17) is 0 Å². The Morgan fingerprint density at radius 2 is 2.05 bits per heavy atom. The fourth-order valence-electron chi connectivity index (χ4n) is 2.81. The van der Waals surface area contributed by atoms with Crippen molar-refractivity contribution in [2.24, 2.45) is 5.41 Å². The van der Waals surface area contributed by atoms with Gasteiger partial charge < -0.3 is 10.0 Å². The van der Waals surface area contributed by atoms with Crippen LogP contribution in [0, 0.1) is 11.2 Å². The molecule has 0 amide bonds. The lowest BCUT2D eigenvalue weighted by molar-refractivity contribution is 0.0696. The van der Waals surface area contributed by atoms with Crippen LogP contribution in [-0.4, -0.2) is 29.1 Å². The summed E-state index contributed by atoms with van der Waals surface area (Å²) in [5, 5.41) is 9.19. The van der Waals surface area contributed by atoms with Crippen molar-refractivity contribution in [1.82, 2.24) is 4.98 Å². The van der Waals surface area contributed by atoms with E-state index in [1.807, 2.05) is 11.9 Å². The SMILES string of the molecule is CN(c1ncc(F)cc1C(=O)O)C1CCC(C)(C)CC1. The van der Waals surface area contributed by atoms with Crippen molar-refractivity contribution in [1.29, 1.82) is 0 Å². The zero-order valence-electron chi connectivity index (χ0n) is 12.2. The van der Waals surface area contributed by atoms with Gasteiger partial charge in [-0.3, -0.25) is 0 Å². The first-order valence-electron chi connectivity index (χ1n) is 6.92. The molecule has 1 N–H and O–H groups in total. The molecular formula is C15H21FN2O2. The normalized spacial score (nSPS) is 18.8. The topological polar surface area (TPSA) is 53.4 Å². The second-order valence-corrected chi connectivity index (χ2v) is 6.34. The quantitative estimate of drug-likeness (QED) is 0.922. The van der Waals surface area contributed by atoms with Gasteiger partial charge in [-0.05, 0) is 37.2 Å². The summed E-state index contributed by atoms with van der Waals surface area (Å²) in [5.41, 5.74) is 0.278. The second-order valence-electron chi connectivity index (χ2n) is 6.34. The van der Waals surface area contributed by atoms with Crippen LogP contribution in [0.15, 0.2) is 12.3 Å². The number of carbonyl (C=O) groups is 1. The second kappa shape index (κ2) is 5.38. The summed E-state index contributed by atoms with van der Waals surface area (Å²) in [4.78, 5) is 17.1. The minimum absolute atomic E-state index is 0.0719. The number of hydrogen-bond acceptors (Lipinski definition) is 3. The third-order valence-electron chi connectivity index (χ3n) is 4.25. The molecule has 1 aliphatic carbocycles. The van der Waals surface area contributed by atoms with Crippen LogP contribution in [0.5, 0.6) is 0 Å². The van der Waals surface area contributed by atoms with E-state index in [9.17, 15) is 14.3 Å². The van der Waals surface area contributed by atoms with Gasteiger partial charge in [-0.25, -0.2) is 14.2 Å². The highest BCUT2D eigenvalue weighted by molar-refractivity contribution is 5.93. The maximum atomic E-state index is 13.2. The number of hydrogen-bond donors (Lipinski definition) is 1. The van der Waals surface area contributed by atoms with E-state index in [1.165, 1.54) is 0 Å². The molecule has 0 spiro atoms. The van der Waals surface area contributed by atoms with Crippen LogP contribution in [0.4, 0.5) is 10.2 Å². The number of anilines is 1. The van der Waals surface area contributed by atoms with Crippen molar-refractivity contribution in [3.63, 3.8) is 0 Å². The Bertz CT molecular complexity index is 507. The van der Waals surface area contributed by atoms with Crippen LogP contribution >= 0.6 is 0 Å². The molecule has 0 aliphatic heterocycles. The van der Waals surface area contributed by atoms with E-state index in [0.29, 0.717) is 11.2 Å². The number of halogens is 1. The maximum Gasteiger partial charge on any atom is 0.339 e. The molecule has 0 aromatic carbocycles. The van der Waals surface area contributed by atoms with Gasteiger partial charge in [0, 0.05) is 13.1 Å². The lowest BCUT2D eigenvalue weighted by Crippen LogP contribution is -2.38. The Balaban J connectivity index is 2.21. The Hall–Kier alpha value is -1.65. The molecule has 1 fully saturated rings. The standard InChI is InChI=1S/C15H21FN2O2/c1-15(2)6-4-11(5-7-15)18(3)13-12(14(19)20)8-10(16)9-17-13/h8-9,11H,4-7H2,1-3H3,(H,19,20). The molecule has 1 aromatic heterocycles. The molecular weight excluding hydrogens is 259 g/mol. The minimum atomic E-state index is -1.14. The number of rotatable bonds is 3. The van der Waals surface area contributed by atoms with Gasteiger partial charge in [0.25, 0.3) is 0 Å². The minimum Gasteiger partial charge on any atom is -0.478 e. The highest BCUT2D eigenvalue weighted by atomic mass is 19.1. The zero-order chi connectivity index (χ0) is 14.9. The van der Waals surface area contributed by atoms with Crippen LogP contribution in [-0.2, 0) is 0 Å². The number of aromatic nitrogens is 1. The van der Waals surface area contributed by atoms with Crippen molar-refractivity contribution in [2.45, 2.75) is 45.6 Å². The first kappa shape index (κ1) is 14.8. The highest BCUT2D eigenvalue weighted by Gasteiger charge is 2.30. The van der Waals surface area contributed by atoms with Crippen LogP contribution in [0.2, 0.25) is 0 Å². The summed E-state index contributed by atoms with van der Waals surface area (Å²) >= 11 is 0. The van der Waals surface area contributed by atoms with E-state index >= 15 is 0 Å². The van der Waals surface area contributed by atoms with Gasteiger partial charge in [-0.1, -0.05) is 13.8 Å². The first-order valence-corrected chi connectivity index (χ1v) is 6.92. The Morgan fingerprint density at radius 3 is 2.60 bits per heavy atom. The van der Waals surface area contributed by atoms with Gasteiger partial charge in [0.15, 0.2) is 0 Å². The van der Waals surface area contributed by atoms with Crippen molar-refractivity contribution < 1.29 is 14.3 Å². The molecule has 110 valence electrons. The molecule has 4 nitrogen and oxygen atoms in total. The third-order valence-corrected chi connectivity index (χ3v) is 4.25. The molecule has 20 heavy (non-hydrogen) atoms. The molecule has 1 heterocycles. The van der Waals surface area contributed by atoms with Crippen LogP contribution < -0.4 is 4.90 Å². The largest absolute Gasteiger partial charge is 0.478 e. The van der Waals surface area contributed by atoms with E-state index in [-0.39, 0.29) is 11.6 Å². The molecule has 0 radical (unpaired) electrons. The van der Waals surface area contributed by atoms with E-state index in [0.717, 1.165) is 37.9 Å². The van der Waals surface area contributed by atoms with Gasteiger partial charge in [0.2, 0.25) is 0 Å². The molecule has 0 atom stereocenters. The molecule has 5 heteroatoms. The number of carboxylic acid groups (broad SMARTS) is 1. The van der Waals surface area contributed by atoms with Gasteiger partial charge in [0.1, 0.15) is 17.2 Å². The van der Waals surface area contributed by atoms with Crippen LogP contribution in [0.25, 0.3) is 0 Å². The number of aromatic carboxylic acids is 1. The van der Waals surface area contributed by atoms with Crippen molar-refractivity contribution in [3.8, 4) is 0 Å². The monoisotopic (exact) mass is 280 g/mol. The summed E-state index contributed by atoms with van der Waals surface area (Å²) in [6.07, 6.45) is 5.28. The highest BCUT2D eigenvalue weighted by Crippen LogP contribution is 2.37. The fourth-order valence-corrected chi connectivity index (χ4v) is 2.81. The predicted molar refractivity (Wildman–Crippen MR) is 75.6 cm³/mol. The lowest BCUT2D eigenvalue weighted by atomic mass is 9.75. The van der Waals surface area contributed by atoms with Gasteiger partial charge in [0.05, 0.1) is 6.20 Å². The van der Waals surface area contributed by atoms with Crippen LogP contribution in [0.3, 0.4) is 0 Å². The Morgan fingerprint density at radius 1 is 1.45 bits per heavy atom. The third kappa shape index (κ3) is 3.08. The molecule has 0 unspecified atom stereocenters. The molecule has 0 bridgehead atoms. The molecule has 1 aliphatic rings. The smallest absolute Gasteiger partial charge is 0.339 e. The van der Waals surface area contributed by atoms with Gasteiger partial charge >= 0.3 is 5.97 Å². The van der Waals surface area contributed by atoms with Crippen molar-refractivity contribution >= 4 is 11.8 Å². The first-order chi connectivity index (χ1) is 9.30. The summed E-state index contributed by atoms with van der Waals surface area (Å²) in [7, 11) is 1.84. The van der Waals surface area contributed by atoms with E-state index in [1.54, 1.807) is 0 Å². The number of pyridine rings is 1. The average molecular weight is 280 g/mol. The van der Waals surface area contributed by atoms with Crippen molar-refractivity contribution in [2.75, 3.05) is 11.9 Å². The molecule has 2 rings (SSSR count).